The summed E-state index contributed by atoms with van der Waals surface area (Å²) in [5.41, 5.74) is 2.55. The van der Waals surface area contributed by atoms with Crippen LogP contribution in [0.15, 0.2) is 36.4 Å². The Morgan fingerprint density at radius 2 is 1.65 bits per heavy atom. The molecule has 0 spiro atoms. The zero-order chi connectivity index (χ0) is 15.1. The summed E-state index contributed by atoms with van der Waals surface area (Å²) in [5.74, 6) is 1.13. The summed E-state index contributed by atoms with van der Waals surface area (Å²) < 4.78 is 16.6. The van der Waals surface area contributed by atoms with Crippen LogP contribution in [0.1, 0.15) is 32.8 Å². The van der Waals surface area contributed by atoms with Crippen molar-refractivity contribution in [3.8, 4) is 0 Å². The molecule has 3 nitrogen and oxygen atoms in total. The first-order chi connectivity index (χ1) is 9.52. The van der Waals surface area contributed by atoms with E-state index in [2.05, 4.69) is 51.1 Å². The average molecular weight is 294 g/mol. The number of allylic oxidation sites excluding steroid dienone is 1. The fourth-order valence-corrected chi connectivity index (χ4v) is 2.70. The molecular weight excluding hydrogens is 272 g/mol. The third-order valence-corrected chi connectivity index (χ3v) is 4.26. The van der Waals surface area contributed by atoms with Crippen LogP contribution < -0.4 is 0 Å². The third-order valence-electron chi connectivity index (χ3n) is 4.26. The molecule has 1 aliphatic carbocycles. The van der Waals surface area contributed by atoms with Gasteiger partial charge in [-0.3, -0.25) is 0 Å². The number of rotatable bonds is 1. The van der Waals surface area contributed by atoms with Crippen molar-refractivity contribution in [2.45, 2.75) is 33.3 Å². The van der Waals surface area contributed by atoms with Crippen molar-refractivity contribution in [1.82, 2.24) is 0 Å². The lowest BCUT2D eigenvalue weighted by Gasteiger charge is -2.27. The van der Waals surface area contributed by atoms with Gasteiger partial charge in [-0.05, 0) is 29.4 Å². The zero-order valence-corrected chi connectivity index (χ0v) is 13.0. The first-order valence-electron chi connectivity index (χ1n) is 6.88. The second-order valence-electron chi connectivity index (χ2n) is 5.44. The fraction of sp³-hybridized carbons (Fsp3) is 0.500. The Morgan fingerprint density at radius 1 is 1.10 bits per heavy atom. The summed E-state index contributed by atoms with van der Waals surface area (Å²) in [6.45, 7) is 6.52. The maximum Gasteiger partial charge on any atom is 0.335 e. The predicted octanol–water partition coefficient (Wildman–Crippen LogP) is 3.07. The molecule has 20 heavy (non-hydrogen) atoms. The van der Waals surface area contributed by atoms with Crippen LogP contribution in [0.5, 0.6) is 0 Å². The summed E-state index contributed by atoms with van der Waals surface area (Å²) in [6, 6.07) is 10.4. The Morgan fingerprint density at radius 3 is 2.20 bits per heavy atom. The van der Waals surface area contributed by atoms with Crippen molar-refractivity contribution < 1.29 is 13.5 Å². The molecule has 110 valence electrons. The summed E-state index contributed by atoms with van der Waals surface area (Å²) in [7, 11) is 0. The maximum absolute atomic E-state index is 10.4. The molecule has 1 aromatic rings. The lowest BCUT2D eigenvalue weighted by atomic mass is 9.83. The number of hydrogen-bond acceptors (Lipinski definition) is 3. The Kier molecular flexibility index (Phi) is 6.82. The van der Waals surface area contributed by atoms with E-state index in [1.807, 2.05) is 6.07 Å². The molecular formula is C16H22O3S. The van der Waals surface area contributed by atoms with E-state index in [1.54, 1.807) is 0 Å². The highest BCUT2D eigenvalue weighted by atomic mass is 32.1. The van der Waals surface area contributed by atoms with Gasteiger partial charge in [0.15, 0.2) is 0 Å². The minimum absolute atomic E-state index is 0.220. The Hall–Kier alpha value is -1.26. The van der Waals surface area contributed by atoms with Gasteiger partial charge in [0.2, 0.25) is 0 Å². The zero-order valence-electron chi connectivity index (χ0n) is 12.2. The Bertz CT molecular complexity index is 478. The van der Waals surface area contributed by atoms with Gasteiger partial charge in [-0.15, -0.1) is 0 Å². The first-order valence-corrected chi connectivity index (χ1v) is 7.54. The van der Waals surface area contributed by atoms with E-state index >= 15 is 0 Å². The van der Waals surface area contributed by atoms with E-state index in [0.717, 1.165) is 6.42 Å². The first kappa shape index (κ1) is 16.8. The molecule has 0 bridgehead atoms. The molecule has 0 fully saturated rings. The largest absolute Gasteiger partial charge is 0.392 e. The van der Waals surface area contributed by atoms with Gasteiger partial charge in [0.25, 0.3) is 0 Å². The standard InChI is InChI=1S/C16H22O.O2S/c1-11-9-10-15(13(3)16(17)12(11)2)14-7-5-4-6-8-14;1-3-2/h4-8,10-13,16-17H,9H2,1-3H3;. The predicted molar refractivity (Wildman–Crippen MR) is 81.5 cm³/mol. The normalized spacial score (nSPS) is 29.5. The minimum atomic E-state index is -0.750. The molecule has 4 unspecified atom stereocenters. The van der Waals surface area contributed by atoms with Gasteiger partial charge in [0.05, 0.1) is 6.10 Å². The van der Waals surface area contributed by atoms with Gasteiger partial charge in [0.1, 0.15) is 0 Å². The average Bonchev–Trinajstić information content (AvgIpc) is 2.55. The number of aliphatic hydroxyl groups excluding tert-OH is 1. The van der Waals surface area contributed by atoms with Crippen LogP contribution in [0.25, 0.3) is 5.57 Å². The highest BCUT2D eigenvalue weighted by Crippen LogP contribution is 2.36. The van der Waals surface area contributed by atoms with Gasteiger partial charge in [0, 0.05) is 5.92 Å². The molecule has 2 rings (SSSR count). The lowest BCUT2D eigenvalue weighted by Crippen LogP contribution is -2.28. The molecule has 4 atom stereocenters. The Balaban J connectivity index is 0.000000612. The maximum atomic E-state index is 10.4. The lowest BCUT2D eigenvalue weighted by molar-refractivity contribution is 0.0647. The van der Waals surface area contributed by atoms with Crippen molar-refractivity contribution in [2.75, 3.05) is 0 Å². The molecule has 0 heterocycles. The van der Waals surface area contributed by atoms with E-state index in [1.165, 1.54) is 11.1 Å². The minimum Gasteiger partial charge on any atom is -0.392 e. The summed E-state index contributed by atoms with van der Waals surface area (Å²) in [4.78, 5) is 0. The topological polar surface area (TPSA) is 54.4 Å². The van der Waals surface area contributed by atoms with E-state index in [0.29, 0.717) is 11.8 Å². The molecule has 0 radical (unpaired) electrons. The molecule has 0 aromatic heterocycles. The van der Waals surface area contributed by atoms with Crippen LogP contribution in [0, 0.1) is 17.8 Å². The second kappa shape index (κ2) is 8.12. The van der Waals surface area contributed by atoms with Crippen molar-refractivity contribution in [3.63, 3.8) is 0 Å². The van der Waals surface area contributed by atoms with Crippen LogP contribution >= 0.6 is 0 Å². The van der Waals surface area contributed by atoms with Crippen LogP contribution in [0.2, 0.25) is 0 Å². The van der Waals surface area contributed by atoms with Crippen molar-refractivity contribution in [3.05, 3.63) is 42.0 Å². The van der Waals surface area contributed by atoms with E-state index in [9.17, 15) is 5.11 Å². The van der Waals surface area contributed by atoms with Crippen LogP contribution in [0.3, 0.4) is 0 Å². The van der Waals surface area contributed by atoms with Gasteiger partial charge >= 0.3 is 11.6 Å². The molecule has 4 heteroatoms. The van der Waals surface area contributed by atoms with E-state index in [-0.39, 0.29) is 12.0 Å². The van der Waals surface area contributed by atoms with Crippen LogP contribution in [0.4, 0.5) is 0 Å². The molecule has 0 amide bonds. The second-order valence-corrected chi connectivity index (χ2v) is 5.58. The molecule has 0 saturated carbocycles. The summed E-state index contributed by atoms with van der Waals surface area (Å²) in [5, 5.41) is 10.4. The monoisotopic (exact) mass is 294 g/mol. The smallest absolute Gasteiger partial charge is 0.335 e. The van der Waals surface area contributed by atoms with Crippen molar-refractivity contribution >= 4 is 17.1 Å². The quantitative estimate of drug-likeness (QED) is 0.866. The van der Waals surface area contributed by atoms with Gasteiger partial charge in [-0.2, -0.15) is 8.42 Å². The fourth-order valence-electron chi connectivity index (χ4n) is 2.70. The summed E-state index contributed by atoms with van der Waals surface area (Å²) >= 11 is -0.750. The van der Waals surface area contributed by atoms with Gasteiger partial charge in [-0.25, -0.2) is 0 Å². The number of aliphatic hydroxyl groups is 1. The van der Waals surface area contributed by atoms with E-state index < -0.39 is 11.6 Å². The summed E-state index contributed by atoms with van der Waals surface area (Å²) in [6.07, 6.45) is 3.14. The number of benzene rings is 1. The van der Waals surface area contributed by atoms with Crippen molar-refractivity contribution in [2.24, 2.45) is 17.8 Å². The molecule has 0 saturated heterocycles. The molecule has 1 aliphatic rings. The molecule has 0 aliphatic heterocycles. The van der Waals surface area contributed by atoms with Crippen molar-refractivity contribution in [1.29, 1.82) is 0 Å². The van der Waals surface area contributed by atoms with Crippen LogP contribution in [-0.4, -0.2) is 19.6 Å². The SMILES string of the molecule is CC1CC=C(c2ccccc2)C(C)C(O)C1C.O=S=O. The Labute approximate surface area is 124 Å². The van der Waals surface area contributed by atoms with E-state index in [4.69, 9.17) is 8.42 Å². The highest BCUT2D eigenvalue weighted by Gasteiger charge is 2.30. The molecule has 1 N–H and O–H groups in total. The van der Waals surface area contributed by atoms with Gasteiger partial charge in [-0.1, -0.05) is 57.2 Å². The number of hydrogen-bond donors (Lipinski definition) is 1. The van der Waals surface area contributed by atoms with Gasteiger partial charge < -0.3 is 5.11 Å². The van der Waals surface area contributed by atoms with Crippen LogP contribution in [-0.2, 0) is 11.6 Å². The third kappa shape index (κ3) is 4.12. The molecule has 1 aromatic carbocycles. The highest BCUT2D eigenvalue weighted by molar-refractivity contribution is 7.51.